The summed E-state index contributed by atoms with van der Waals surface area (Å²) in [7, 11) is 0.422. The van der Waals surface area contributed by atoms with Gasteiger partial charge in [0.05, 0.1) is 0 Å². The average molecular weight is 397 g/mol. The van der Waals surface area contributed by atoms with Crippen LogP contribution in [0.2, 0.25) is 0 Å². The fourth-order valence-electron chi connectivity index (χ4n) is 1.48. The van der Waals surface area contributed by atoms with Crippen molar-refractivity contribution in [3.8, 4) is 0 Å². The van der Waals surface area contributed by atoms with Crippen LogP contribution >= 0.6 is 7.92 Å². The smallest absolute Gasteiger partial charge is 0 e. The van der Waals surface area contributed by atoms with Gasteiger partial charge in [0.25, 0.3) is 0 Å². The van der Waals surface area contributed by atoms with E-state index in [0.29, 0.717) is 7.92 Å². The van der Waals surface area contributed by atoms with Crippen molar-refractivity contribution in [1.29, 1.82) is 0 Å². The fourth-order valence-corrected chi connectivity index (χ4v) is 4.44. The van der Waals surface area contributed by atoms with Gasteiger partial charge in [-0.3, -0.25) is 0 Å². The van der Waals surface area contributed by atoms with E-state index in [0.717, 1.165) is 0 Å². The third kappa shape index (κ3) is 11.2. The van der Waals surface area contributed by atoms with Gasteiger partial charge in [-0.05, 0) is 37.7 Å². The molecule has 0 bridgehead atoms. The molecule has 0 radical (unpaired) electrons. The van der Waals surface area contributed by atoms with Crippen LogP contribution in [-0.2, 0) is 21.1 Å². The average Bonchev–Trinajstić information content (AvgIpc) is 2.17. The van der Waals surface area contributed by atoms with Crippen molar-refractivity contribution in [3.05, 3.63) is 0 Å². The van der Waals surface area contributed by atoms with E-state index in [9.17, 15) is 0 Å². The zero-order valence-electron chi connectivity index (χ0n) is 10.1. The molecule has 0 rings (SSSR count). The number of hydrogen-bond donors (Lipinski definition) is 0. The van der Waals surface area contributed by atoms with Crippen LogP contribution in [0.3, 0.4) is 0 Å². The number of rotatable bonds is 9. The molecule has 2 heteroatoms. The summed E-state index contributed by atoms with van der Waals surface area (Å²) in [6, 6.07) is 0. The standard InChI is InChI=1S/C12H27P.Pt/c1-4-7-10-13(11-8-5-2)12-9-6-3;/h4-12H2,1-3H3;. The molecule has 0 aromatic heterocycles. The van der Waals surface area contributed by atoms with Gasteiger partial charge in [-0.25, -0.2) is 0 Å². The Morgan fingerprint density at radius 1 is 0.643 bits per heavy atom. The van der Waals surface area contributed by atoms with Crippen molar-refractivity contribution in [1.82, 2.24) is 0 Å². The first-order valence-electron chi connectivity index (χ1n) is 6.07. The molecule has 0 aliphatic heterocycles. The van der Waals surface area contributed by atoms with Crippen molar-refractivity contribution >= 4 is 7.92 Å². The normalized spacial score (nSPS) is 10.3. The van der Waals surface area contributed by atoms with Crippen LogP contribution in [0.1, 0.15) is 59.3 Å². The first-order chi connectivity index (χ1) is 6.35. The summed E-state index contributed by atoms with van der Waals surface area (Å²) in [5.41, 5.74) is 0. The Hall–Kier alpha value is 1.12. The second kappa shape index (κ2) is 14.1. The SMILES string of the molecule is CCCCP(CCCC)CCCC.[Pt]. The van der Waals surface area contributed by atoms with E-state index in [2.05, 4.69) is 20.8 Å². The fraction of sp³-hybridized carbons (Fsp3) is 1.00. The number of hydrogen-bond acceptors (Lipinski definition) is 0. The van der Waals surface area contributed by atoms with E-state index in [-0.39, 0.29) is 21.1 Å². The second-order valence-corrected chi connectivity index (χ2v) is 6.59. The number of unbranched alkanes of at least 4 members (excludes halogenated alkanes) is 3. The zero-order valence-corrected chi connectivity index (χ0v) is 13.3. The summed E-state index contributed by atoms with van der Waals surface area (Å²) < 4.78 is 0. The summed E-state index contributed by atoms with van der Waals surface area (Å²) in [6.45, 7) is 6.94. The van der Waals surface area contributed by atoms with Gasteiger partial charge in [0.1, 0.15) is 0 Å². The predicted octanol–water partition coefficient (Wildman–Crippen LogP) is 4.87. The van der Waals surface area contributed by atoms with Crippen LogP contribution in [0.15, 0.2) is 0 Å². The summed E-state index contributed by atoms with van der Waals surface area (Å²) >= 11 is 0. The van der Waals surface area contributed by atoms with Crippen molar-refractivity contribution in [2.45, 2.75) is 59.3 Å². The largest absolute Gasteiger partial charge is 0.107 e. The minimum absolute atomic E-state index is 0. The third-order valence-electron chi connectivity index (χ3n) is 2.48. The van der Waals surface area contributed by atoms with Gasteiger partial charge in [-0.1, -0.05) is 40.0 Å². The van der Waals surface area contributed by atoms with E-state index in [1.807, 2.05) is 0 Å². The van der Waals surface area contributed by atoms with Gasteiger partial charge in [0, 0.05) is 21.1 Å². The van der Waals surface area contributed by atoms with Gasteiger partial charge in [0.15, 0.2) is 0 Å². The maximum atomic E-state index is 2.31. The summed E-state index contributed by atoms with van der Waals surface area (Å²) in [5.74, 6) is 0. The minimum atomic E-state index is 0. The van der Waals surface area contributed by atoms with Crippen molar-refractivity contribution < 1.29 is 21.1 Å². The molecule has 0 saturated carbocycles. The Kier molecular flexibility index (Phi) is 17.7. The van der Waals surface area contributed by atoms with Gasteiger partial charge >= 0.3 is 0 Å². The molecule has 0 unspecified atom stereocenters. The van der Waals surface area contributed by atoms with E-state index in [1.54, 1.807) is 18.5 Å². The van der Waals surface area contributed by atoms with Gasteiger partial charge in [0.2, 0.25) is 0 Å². The minimum Gasteiger partial charge on any atom is -0.107 e. The topological polar surface area (TPSA) is 0 Å². The van der Waals surface area contributed by atoms with Crippen LogP contribution in [0.25, 0.3) is 0 Å². The molecule has 0 heterocycles. The zero-order chi connectivity index (χ0) is 9.94. The molecular weight excluding hydrogens is 370 g/mol. The molecule has 0 aromatic rings. The molecule has 0 aromatic carbocycles. The Labute approximate surface area is 107 Å². The quantitative estimate of drug-likeness (QED) is 0.487. The molecule has 0 spiro atoms. The van der Waals surface area contributed by atoms with Crippen molar-refractivity contribution in [3.63, 3.8) is 0 Å². The predicted molar refractivity (Wildman–Crippen MR) is 66.2 cm³/mol. The maximum Gasteiger partial charge on any atom is 0 e. The Morgan fingerprint density at radius 3 is 1.14 bits per heavy atom. The Bertz CT molecular complexity index is 77.3. The molecule has 0 atom stereocenters. The molecule has 0 N–H and O–H groups in total. The molecule has 0 fully saturated rings. The van der Waals surface area contributed by atoms with E-state index >= 15 is 0 Å². The summed E-state index contributed by atoms with van der Waals surface area (Å²) in [4.78, 5) is 0. The first-order valence-corrected chi connectivity index (χ1v) is 7.97. The van der Waals surface area contributed by atoms with Crippen LogP contribution in [0.5, 0.6) is 0 Å². The van der Waals surface area contributed by atoms with Gasteiger partial charge < -0.3 is 0 Å². The van der Waals surface area contributed by atoms with Crippen LogP contribution in [0, 0.1) is 0 Å². The monoisotopic (exact) mass is 397 g/mol. The molecule has 14 heavy (non-hydrogen) atoms. The van der Waals surface area contributed by atoms with Crippen LogP contribution in [-0.4, -0.2) is 18.5 Å². The molecular formula is C12H27PPt. The van der Waals surface area contributed by atoms with Crippen LogP contribution < -0.4 is 0 Å². The van der Waals surface area contributed by atoms with E-state index in [1.165, 1.54) is 38.5 Å². The van der Waals surface area contributed by atoms with E-state index < -0.39 is 0 Å². The van der Waals surface area contributed by atoms with Gasteiger partial charge in [-0.15, -0.1) is 7.92 Å². The molecule has 0 amide bonds. The Balaban J connectivity index is 0. The van der Waals surface area contributed by atoms with Crippen molar-refractivity contribution in [2.24, 2.45) is 0 Å². The summed E-state index contributed by atoms with van der Waals surface area (Å²) in [6.07, 6.45) is 13.2. The van der Waals surface area contributed by atoms with E-state index in [4.69, 9.17) is 0 Å². The Morgan fingerprint density at radius 2 is 0.929 bits per heavy atom. The summed E-state index contributed by atoms with van der Waals surface area (Å²) in [5, 5.41) is 0. The molecule has 0 aliphatic carbocycles. The molecule has 0 nitrogen and oxygen atoms in total. The molecule has 90 valence electrons. The molecule has 0 saturated heterocycles. The molecule has 0 aliphatic rings. The maximum absolute atomic E-state index is 2.31. The van der Waals surface area contributed by atoms with Gasteiger partial charge in [-0.2, -0.15) is 0 Å². The third-order valence-corrected chi connectivity index (χ3v) is 5.33. The first kappa shape index (κ1) is 17.5. The second-order valence-electron chi connectivity index (χ2n) is 3.90. The van der Waals surface area contributed by atoms with Crippen LogP contribution in [0.4, 0.5) is 0 Å². The van der Waals surface area contributed by atoms with Crippen molar-refractivity contribution in [2.75, 3.05) is 18.5 Å².